The Morgan fingerprint density at radius 3 is 2.56 bits per heavy atom. The van der Waals surface area contributed by atoms with Gasteiger partial charge in [-0.05, 0) is 55.2 Å². The van der Waals surface area contributed by atoms with Gasteiger partial charge in [-0.25, -0.2) is 0 Å². The van der Waals surface area contributed by atoms with E-state index in [-0.39, 0.29) is 11.8 Å². The number of piperidine rings is 1. The minimum Gasteiger partial charge on any atom is -0.356 e. The fourth-order valence-corrected chi connectivity index (χ4v) is 4.53. The normalized spacial score (nSPS) is 26.0. The van der Waals surface area contributed by atoms with Gasteiger partial charge in [0.25, 0.3) is 5.91 Å². The van der Waals surface area contributed by atoms with Crippen molar-refractivity contribution < 1.29 is 9.59 Å². The molecule has 2 aliphatic rings. The number of rotatable bonds is 4. The third-order valence-electron chi connectivity index (χ3n) is 5.99. The predicted molar refractivity (Wildman–Crippen MR) is 99.4 cm³/mol. The SMILES string of the molecule is CC(=O)NCCc1ccc(C(=O)N2CC[C@H](C)[C@@H]3CCCC[C@H]32)cc1. The van der Waals surface area contributed by atoms with E-state index in [0.29, 0.717) is 18.5 Å². The molecule has 1 saturated carbocycles. The van der Waals surface area contributed by atoms with Gasteiger partial charge >= 0.3 is 0 Å². The van der Waals surface area contributed by atoms with Gasteiger partial charge in [-0.15, -0.1) is 0 Å². The Hall–Kier alpha value is -1.84. The van der Waals surface area contributed by atoms with Gasteiger partial charge in [0.15, 0.2) is 0 Å². The number of hydrogen-bond acceptors (Lipinski definition) is 2. The summed E-state index contributed by atoms with van der Waals surface area (Å²) in [6.45, 7) is 5.41. The third-order valence-corrected chi connectivity index (χ3v) is 5.99. The summed E-state index contributed by atoms with van der Waals surface area (Å²) in [6, 6.07) is 8.35. The van der Waals surface area contributed by atoms with Gasteiger partial charge in [0.05, 0.1) is 0 Å². The second-order valence-corrected chi connectivity index (χ2v) is 7.71. The van der Waals surface area contributed by atoms with Crippen LogP contribution in [0.3, 0.4) is 0 Å². The fraction of sp³-hybridized carbons (Fsp3) is 0.619. The monoisotopic (exact) mass is 342 g/mol. The molecule has 0 radical (unpaired) electrons. The van der Waals surface area contributed by atoms with Crippen LogP contribution in [-0.4, -0.2) is 35.8 Å². The lowest BCUT2D eigenvalue weighted by Crippen LogP contribution is -2.52. The van der Waals surface area contributed by atoms with E-state index in [4.69, 9.17) is 0 Å². The van der Waals surface area contributed by atoms with Crippen molar-refractivity contribution in [2.75, 3.05) is 13.1 Å². The second-order valence-electron chi connectivity index (χ2n) is 7.71. The number of fused-ring (bicyclic) bond motifs is 1. The van der Waals surface area contributed by atoms with Crippen LogP contribution in [0.5, 0.6) is 0 Å². The van der Waals surface area contributed by atoms with Crippen LogP contribution in [0.25, 0.3) is 0 Å². The average Bonchev–Trinajstić information content (AvgIpc) is 2.62. The molecule has 1 aromatic rings. The summed E-state index contributed by atoms with van der Waals surface area (Å²) >= 11 is 0. The Balaban J connectivity index is 1.64. The van der Waals surface area contributed by atoms with Crippen molar-refractivity contribution in [3.63, 3.8) is 0 Å². The molecule has 0 aromatic heterocycles. The van der Waals surface area contributed by atoms with E-state index < -0.39 is 0 Å². The summed E-state index contributed by atoms with van der Waals surface area (Å²) in [5.74, 6) is 1.61. The van der Waals surface area contributed by atoms with Crippen LogP contribution in [-0.2, 0) is 11.2 Å². The van der Waals surface area contributed by atoms with Crippen LogP contribution in [0.2, 0.25) is 0 Å². The highest BCUT2D eigenvalue weighted by molar-refractivity contribution is 5.94. The van der Waals surface area contributed by atoms with Crippen LogP contribution in [0.1, 0.15) is 61.9 Å². The molecule has 136 valence electrons. The zero-order valence-electron chi connectivity index (χ0n) is 15.5. The minimum absolute atomic E-state index is 0.00633. The molecule has 4 heteroatoms. The lowest BCUT2D eigenvalue weighted by Gasteiger charge is -2.47. The van der Waals surface area contributed by atoms with Gasteiger partial charge in [0.1, 0.15) is 0 Å². The Kier molecular flexibility index (Phi) is 5.77. The molecule has 2 fully saturated rings. The van der Waals surface area contributed by atoms with Crippen molar-refractivity contribution in [1.82, 2.24) is 10.2 Å². The molecule has 4 nitrogen and oxygen atoms in total. The number of nitrogens with zero attached hydrogens (tertiary/aromatic N) is 1. The van der Waals surface area contributed by atoms with Gasteiger partial charge in [0, 0.05) is 31.6 Å². The highest BCUT2D eigenvalue weighted by Gasteiger charge is 2.39. The number of carbonyl (C=O) groups excluding carboxylic acids is 2. The Morgan fingerprint density at radius 2 is 1.84 bits per heavy atom. The zero-order valence-corrected chi connectivity index (χ0v) is 15.5. The molecular formula is C21H30N2O2. The number of likely N-dealkylation sites (tertiary alicyclic amines) is 1. The number of benzene rings is 1. The van der Waals surface area contributed by atoms with Crippen LogP contribution >= 0.6 is 0 Å². The number of amides is 2. The smallest absolute Gasteiger partial charge is 0.254 e. The van der Waals surface area contributed by atoms with Crippen LogP contribution < -0.4 is 5.32 Å². The summed E-state index contributed by atoms with van der Waals surface area (Å²) < 4.78 is 0. The highest BCUT2D eigenvalue weighted by atomic mass is 16.2. The quantitative estimate of drug-likeness (QED) is 0.911. The van der Waals surface area contributed by atoms with Crippen LogP contribution in [0.15, 0.2) is 24.3 Å². The van der Waals surface area contributed by atoms with Crippen molar-refractivity contribution in [2.24, 2.45) is 11.8 Å². The maximum absolute atomic E-state index is 13.0. The average molecular weight is 342 g/mol. The standard InChI is InChI=1S/C21H30N2O2/c1-15-12-14-23(20-6-4-3-5-19(15)20)21(25)18-9-7-17(8-10-18)11-13-22-16(2)24/h7-10,15,19-20H,3-6,11-14H2,1-2H3,(H,22,24)/t15-,19-,20+/m0/s1. The zero-order chi connectivity index (χ0) is 17.8. The first kappa shape index (κ1) is 18.0. The van der Waals surface area contributed by atoms with E-state index in [9.17, 15) is 9.59 Å². The van der Waals surface area contributed by atoms with Crippen molar-refractivity contribution in [3.05, 3.63) is 35.4 Å². The van der Waals surface area contributed by atoms with Gasteiger partial charge in [-0.3, -0.25) is 9.59 Å². The molecule has 2 amide bonds. The highest BCUT2D eigenvalue weighted by Crippen LogP contribution is 2.39. The summed E-state index contributed by atoms with van der Waals surface area (Å²) in [5, 5.41) is 2.80. The van der Waals surface area contributed by atoms with E-state index >= 15 is 0 Å². The van der Waals surface area contributed by atoms with E-state index in [0.717, 1.165) is 42.9 Å². The molecule has 3 atom stereocenters. The first-order chi connectivity index (χ1) is 12.1. The van der Waals surface area contributed by atoms with Crippen molar-refractivity contribution in [1.29, 1.82) is 0 Å². The molecule has 3 rings (SSSR count). The van der Waals surface area contributed by atoms with E-state index in [1.807, 2.05) is 24.3 Å². The molecule has 0 unspecified atom stereocenters. The Labute approximate surface area is 151 Å². The molecule has 1 N–H and O–H groups in total. The third kappa shape index (κ3) is 4.23. The molecule has 1 heterocycles. The van der Waals surface area contributed by atoms with Gasteiger partial charge in [-0.1, -0.05) is 31.9 Å². The Morgan fingerprint density at radius 1 is 1.12 bits per heavy atom. The molecule has 1 aliphatic heterocycles. The summed E-state index contributed by atoms with van der Waals surface area (Å²) in [4.78, 5) is 26.1. The number of nitrogens with one attached hydrogen (secondary N) is 1. The van der Waals surface area contributed by atoms with Crippen molar-refractivity contribution >= 4 is 11.8 Å². The first-order valence-corrected chi connectivity index (χ1v) is 9.70. The predicted octanol–water partition coefficient (Wildman–Crippen LogP) is 3.41. The summed E-state index contributed by atoms with van der Waals surface area (Å²) in [5.41, 5.74) is 1.94. The van der Waals surface area contributed by atoms with Gasteiger partial charge < -0.3 is 10.2 Å². The Bertz CT molecular complexity index is 611. The summed E-state index contributed by atoms with van der Waals surface area (Å²) in [7, 11) is 0. The minimum atomic E-state index is -0.00633. The molecule has 1 aromatic carbocycles. The van der Waals surface area contributed by atoms with E-state index in [1.54, 1.807) is 0 Å². The fourth-order valence-electron chi connectivity index (χ4n) is 4.53. The second kappa shape index (κ2) is 8.03. The van der Waals surface area contributed by atoms with Gasteiger partial charge in [-0.2, -0.15) is 0 Å². The van der Waals surface area contributed by atoms with Crippen LogP contribution in [0, 0.1) is 11.8 Å². The maximum Gasteiger partial charge on any atom is 0.254 e. The van der Waals surface area contributed by atoms with Gasteiger partial charge in [0.2, 0.25) is 5.91 Å². The van der Waals surface area contributed by atoms with E-state index in [1.165, 1.54) is 26.2 Å². The number of hydrogen-bond donors (Lipinski definition) is 1. The molecular weight excluding hydrogens is 312 g/mol. The van der Waals surface area contributed by atoms with E-state index in [2.05, 4.69) is 17.1 Å². The molecule has 1 aliphatic carbocycles. The summed E-state index contributed by atoms with van der Waals surface area (Å²) in [6.07, 6.45) is 6.92. The molecule has 25 heavy (non-hydrogen) atoms. The topological polar surface area (TPSA) is 49.4 Å². The maximum atomic E-state index is 13.0. The first-order valence-electron chi connectivity index (χ1n) is 9.70. The molecule has 0 bridgehead atoms. The lowest BCUT2D eigenvalue weighted by molar-refractivity contribution is -0.118. The van der Waals surface area contributed by atoms with Crippen molar-refractivity contribution in [2.45, 2.75) is 58.4 Å². The largest absolute Gasteiger partial charge is 0.356 e. The van der Waals surface area contributed by atoms with Crippen molar-refractivity contribution in [3.8, 4) is 0 Å². The van der Waals surface area contributed by atoms with Crippen LogP contribution in [0.4, 0.5) is 0 Å². The molecule has 1 saturated heterocycles. The lowest BCUT2D eigenvalue weighted by atomic mass is 9.72. The molecule has 0 spiro atoms. The number of carbonyl (C=O) groups is 2.